The minimum absolute atomic E-state index is 0.157. The molecule has 156 valence electrons. The fourth-order valence-electron chi connectivity index (χ4n) is 5.25. The molecule has 3 rings (SSSR count). The molecular weight excluding hydrogens is 336 g/mol. The normalized spacial score (nSPS) is 31.4. The van der Waals surface area contributed by atoms with E-state index in [1.165, 1.54) is 71.6 Å². The van der Waals surface area contributed by atoms with E-state index >= 15 is 0 Å². The summed E-state index contributed by atoms with van der Waals surface area (Å²) in [6.07, 6.45) is 4.63. The lowest BCUT2D eigenvalue weighted by atomic mass is 10.0. The van der Waals surface area contributed by atoms with Crippen molar-refractivity contribution in [2.45, 2.75) is 65.5 Å². The molecule has 0 bridgehead atoms. The Hall–Kier alpha value is -0.650. The van der Waals surface area contributed by atoms with Crippen LogP contribution in [0.25, 0.3) is 0 Å². The third kappa shape index (κ3) is 5.68. The van der Waals surface area contributed by atoms with Crippen LogP contribution in [0.3, 0.4) is 0 Å². The van der Waals surface area contributed by atoms with Crippen molar-refractivity contribution in [1.82, 2.24) is 20.0 Å². The number of amides is 1. The topological polar surface area (TPSA) is 38.8 Å². The number of hydrogen-bond acceptors (Lipinski definition) is 4. The first-order valence-corrected chi connectivity index (χ1v) is 11.4. The molecule has 1 amide bonds. The highest BCUT2D eigenvalue weighted by atomic mass is 16.1. The molecule has 2 heterocycles. The average Bonchev–Trinajstić information content (AvgIpc) is 3.19. The molecule has 2 aliphatic heterocycles. The first-order chi connectivity index (χ1) is 13.0. The summed E-state index contributed by atoms with van der Waals surface area (Å²) in [5.41, 5.74) is 0. The standard InChI is InChI=1S/C22H42N4O/c1-5-18(4)22(27)23-21-13-19-15-25(16-20(19)14-21)8-6-7-24-9-11-26(12-10-24)17(2)3/h17-21H,5-16H2,1-4H3,(H,23,27). The summed E-state index contributed by atoms with van der Waals surface area (Å²) in [6, 6.07) is 1.12. The second kappa shape index (κ2) is 9.71. The number of carbonyl (C=O) groups is 1. The molecule has 3 fully saturated rings. The lowest BCUT2D eigenvalue weighted by molar-refractivity contribution is -0.125. The number of rotatable bonds is 8. The minimum Gasteiger partial charge on any atom is -0.353 e. The summed E-state index contributed by atoms with van der Waals surface area (Å²) >= 11 is 0. The van der Waals surface area contributed by atoms with Gasteiger partial charge in [0.15, 0.2) is 0 Å². The molecule has 0 radical (unpaired) electrons. The van der Waals surface area contributed by atoms with Crippen molar-refractivity contribution in [3.63, 3.8) is 0 Å². The van der Waals surface area contributed by atoms with Crippen molar-refractivity contribution in [2.24, 2.45) is 17.8 Å². The highest BCUT2D eigenvalue weighted by Gasteiger charge is 2.41. The number of piperazine rings is 1. The van der Waals surface area contributed by atoms with Crippen molar-refractivity contribution in [3.8, 4) is 0 Å². The molecule has 3 aliphatic rings. The highest BCUT2D eigenvalue weighted by Crippen LogP contribution is 2.38. The largest absolute Gasteiger partial charge is 0.353 e. The Bertz CT molecular complexity index is 461. The van der Waals surface area contributed by atoms with E-state index in [2.05, 4.69) is 40.8 Å². The van der Waals surface area contributed by atoms with E-state index in [1.807, 2.05) is 6.92 Å². The van der Waals surface area contributed by atoms with E-state index in [9.17, 15) is 4.79 Å². The van der Waals surface area contributed by atoms with Gasteiger partial charge in [0.1, 0.15) is 0 Å². The number of fused-ring (bicyclic) bond motifs is 1. The molecule has 0 spiro atoms. The fourth-order valence-corrected chi connectivity index (χ4v) is 5.25. The Kier molecular flexibility index (Phi) is 7.57. The van der Waals surface area contributed by atoms with Crippen LogP contribution in [0.4, 0.5) is 0 Å². The molecule has 1 saturated carbocycles. The van der Waals surface area contributed by atoms with Gasteiger partial charge in [-0.2, -0.15) is 0 Å². The van der Waals surface area contributed by atoms with Gasteiger partial charge in [0.05, 0.1) is 0 Å². The van der Waals surface area contributed by atoms with Crippen LogP contribution < -0.4 is 5.32 Å². The molecule has 3 unspecified atom stereocenters. The van der Waals surface area contributed by atoms with Crippen molar-refractivity contribution in [2.75, 3.05) is 52.4 Å². The summed E-state index contributed by atoms with van der Waals surface area (Å²) in [4.78, 5) is 20.1. The Morgan fingerprint density at radius 1 is 0.963 bits per heavy atom. The number of likely N-dealkylation sites (tertiary alicyclic amines) is 1. The Morgan fingerprint density at radius 3 is 2.11 bits per heavy atom. The second-order valence-corrected chi connectivity index (χ2v) is 9.59. The van der Waals surface area contributed by atoms with Gasteiger partial charge in [0.25, 0.3) is 0 Å². The molecule has 5 heteroatoms. The van der Waals surface area contributed by atoms with Gasteiger partial charge in [-0.3, -0.25) is 9.69 Å². The fraction of sp³-hybridized carbons (Fsp3) is 0.955. The van der Waals surface area contributed by atoms with Gasteiger partial charge in [-0.1, -0.05) is 13.8 Å². The van der Waals surface area contributed by atoms with Crippen molar-refractivity contribution in [1.29, 1.82) is 0 Å². The van der Waals surface area contributed by atoms with Gasteiger partial charge in [-0.25, -0.2) is 0 Å². The molecular formula is C22H42N4O. The van der Waals surface area contributed by atoms with Crippen LogP contribution in [0.15, 0.2) is 0 Å². The number of nitrogens with one attached hydrogen (secondary N) is 1. The van der Waals surface area contributed by atoms with E-state index < -0.39 is 0 Å². The van der Waals surface area contributed by atoms with Gasteiger partial charge < -0.3 is 15.1 Å². The summed E-state index contributed by atoms with van der Waals surface area (Å²) in [5.74, 6) is 2.03. The maximum atomic E-state index is 12.1. The zero-order valence-electron chi connectivity index (χ0n) is 18.1. The van der Waals surface area contributed by atoms with E-state index in [0.717, 1.165) is 18.3 Å². The van der Waals surface area contributed by atoms with Crippen molar-refractivity contribution in [3.05, 3.63) is 0 Å². The van der Waals surface area contributed by atoms with Gasteiger partial charge in [-0.05, 0) is 64.5 Å². The van der Waals surface area contributed by atoms with Crippen molar-refractivity contribution >= 4 is 5.91 Å². The first kappa shape index (κ1) is 21.1. The van der Waals surface area contributed by atoms with Gasteiger partial charge in [0.2, 0.25) is 5.91 Å². The van der Waals surface area contributed by atoms with Crippen LogP contribution in [0.1, 0.15) is 53.4 Å². The van der Waals surface area contributed by atoms with Crippen LogP contribution in [0.2, 0.25) is 0 Å². The molecule has 3 atom stereocenters. The van der Waals surface area contributed by atoms with Gasteiger partial charge >= 0.3 is 0 Å². The summed E-state index contributed by atoms with van der Waals surface area (Å²) in [5, 5.41) is 3.30. The predicted molar refractivity (Wildman–Crippen MR) is 112 cm³/mol. The predicted octanol–water partition coefficient (Wildman–Crippen LogP) is 2.28. The molecule has 1 N–H and O–H groups in total. The molecule has 0 aromatic heterocycles. The number of nitrogens with zero attached hydrogens (tertiary/aromatic N) is 3. The lowest BCUT2D eigenvalue weighted by Gasteiger charge is -2.37. The van der Waals surface area contributed by atoms with Crippen LogP contribution in [-0.2, 0) is 4.79 Å². The van der Waals surface area contributed by atoms with E-state index in [0.29, 0.717) is 12.1 Å². The van der Waals surface area contributed by atoms with Gasteiger partial charge in [0, 0.05) is 57.3 Å². The van der Waals surface area contributed by atoms with Crippen LogP contribution in [-0.4, -0.2) is 85.0 Å². The monoisotopic (exact) mass is 378 g/mol. The average molecular weight is 379 g/mol. The van der Waals surface area contributed by atoms with E-state index in [4.69, 9.17) is 0 Å². The van der Waals surface area contributed by atoms with Crippen molar-refractivity contribution < 1.29 is 4.79 Å². The van der Waals surface area contributed by atoms with Crippen LogP contribution in [0.5, 0.6) is 0 Å². The molecule has 27 heavy (non-hydrogen) atoms. The smallest absolute Gasteiger partial charge is 0.223 e. The Balaban J connectivity index is 1.29. The lowest BCUT2D eigenvalue weighted by Crippen LogP contribution is -2.49. The summed E-state index contributed by atoms with van der Waals surface area (Å²) in [7, 11) is 0. The summed E-state index contributed by atoms with van der Waals surface area (Å²) in [6.45, 7) is 18.7. The minimum atomic E-state index is 0.157. The van der Waals surface area contributed by atoms with Crippen LogP contribution in [0, 0.1) is 17.8 Å². The number of hydrogen-bond donors (Lipinski definition) is 1. The number of carbonyl (C=O) groups excluding carboxylic acids is 1. The van der Waals surface area contributed by atoms with E-state index in [1.54, 1.807) is 0 Å². The maximum absolute atomic E-state index is 12.1. The highest BCUT2D eigenvalue weighted by molar-refractivity contribution is 5.78. The Labute approximate surface area is 166 Å². The SMILES string of the molecule is CCC(C)C(=O)NC1CC2CN(CCCN3CCN(C(C)C)CC3)CC2C1. The quantitative estimate of drug-likeness (QED) is 0.703. The third-order valence-corrected chi connectivity index (χ3v) is 7.32. The molecule has 1 aliphatic carbocycles. The Morgan fingerprint density at radius 2 is 1.56 bits per heavy atom. The first-order valence-electron chi connectivity index (χ1n) is 11.4. The second-order valence-electron chi connectivity index (χ2n) is 9.59. The molecule has 5 nitrogen and oxygen atoms in total. The molecule has 2 saturated heterocycles. The third-order valence-electron chi connectivity index (χ3n) is 7.32. The van der Waals surface area contributed by atoms with E-state index in [-0.39, 0.29) is 11.8 Å². The molecule has 0 aromatic rings. The summed E-state index contributed by atoms with van der Waals surface area (Å²) < 4.78 is 0. The maximum Gasteiger partial charge on any atom is 0.223 e. The zero-order chi connectivity index (χ0) is 19.4. The molecule has 0 aromatic carbocycles. The zero-order valence-corrected chi connectivity index (χ0v) is 18.1. The van der Waals surface area contributed by atoms with Gasteiger partial charge in [-0.15, -0.1) is 0 Å². The van der Waals surface area contributed by atoms with Crippen LogP contribution >= 0.6 is 0 Å².